The van der Waals surface area contributed by atoms with Gasteiger partial charge in [0.15, 0.2) is 0 Å². The van der Waals surface area contributed by atoms with Crippen LogP contribution in [0.1, 0.15) is 22.3 Å². The molecule has 108 valence electrons. The molecule has 0 saturated carbocycles. The van der Waals surface area contributed by atoms with Crippen molar-refractivity contribution in [2.75, 3.05) is 19.0 Å². The number of β-amino-alcohol motifs (C(OH)–C–C–N with tert-alkyl or cyclic N) is 1. The van der Waals surface area contributed by atoms with Crippen LogP contribution in [0.15, 0.2) is 18.2 Å². The average molecular weight is 278 g/mol. The van der Waals surface area contributed by atoms with Crippen LogP contribution in [0.3, 0.4) is 0 Å². The van der Waals surface area contributed by atoms with Crippen molar-refractivity contribution in [1.82, 2.24) is 5.32 Å². The summed E-state index contributed by atoms with van der Waals surface area (Å²) in [6.07, 6.45) is -0.0703. The fourth-order valence-corrected chi connectivity index (χ4v) is 2.19. The molecule has 0 bridgehead atoms. The molecule has 1 fully saturated rings. The van der Waals surface area contributed by atoms with Gasteiger partial charge in [0.2, 0.25) is 5.91 Å². The Morgan fingerprint density at radius 2 is 2.20 bits per heavy atom. The first-order valence-electron chi connectivity index (χ1n) is 6.42. The molecule has 1 aliphatic rings. The van der Waals surface area contributed by atoms with Crippen LogP contribution in [0, 0.1) is 6.92 Å². The van der Waals surface area contributed by atoms with Crippen LogP contribution < -0.4 is 10.6 Å². The summed E-state index contributed by atoms with van der Waals surface area (Å²) < 4.78 is 4.64. The highest BCUT2D eigenvalue weighted by Crippen LogP contribution is 2.18. The van der Waals surface area contributed by atoms with Gasteiger partial charge in [0.05, 0.1) is 24.8 Å². The lowest BCUT2D eigenvalue weighted by molar-refractivity contribution is -0.117. The van der Waals surface area contributed by atoms with Crippen molar-refractivity contribution in [3.63, 3.8) is 0 Å². The lowest BCUT2D eigenvalue weighted by Gasteiger charge is -2.13. The molecule has 0 spiro atoms. The lowest BCUT2D eigenvalue weighted by atomic mass is 10.1. The zero-order chi connectivity index (χ0) is 14.7. The Morgan fingerprint density at radius 1 is 1.45 bits per heavy atom. The first-order chi connectivity index (χ1) is 9.51. The summed E-state index contributed by atoms with van der Waals surface area (Å²) in [5.41, 5.74) is 1.86. The molecule has 2 atom stereocenters. The summed E-state index contributed by atoms with van der Waals surface area (Å²) in [4.78, 5) is 23.4. The number of aliphatic hydroxyl groups excluding tert-OH is 1. The predicted octanol–water partition coefficient (Wildman–Crippen LogP) is 0.443. The molecule has 1 saturated heterocycles. The van der Waals surface area contributed by atoms with E-state index in [-0.39, 0.29) is 11.9 Å². The van der Waals surface area contributed by atoms with Crippen molar-refractivity contribution in [3.8, 4) is 0 Å². The summed E-state index contributed by atoms with van der Waals surface area (Å²) >= 11 is 0. The molecule has 1 aromatic rings. The highest BCUT2D eigenvalue weighted by Gasteiger charge is 2.28. The SMILES string of the molecule is COC(=O)c1ccc(NC(=O)C2CC(O)CN2)c(C)c1. The molecule has 1 aromatic carbocycles. The topological polar surface area (TPSA) is 87.7 Å². The number of hydrogen-bond donors (Lipinski definition) is 3. The van der Waals surface area contributed by atoms with Crippen molar-refractivity contribution in [2.45, 2.75) is 25.5 Å². The zero-order valence-corrected chi connectivity index (χ0v) is 11.5. The molecule has 6 nitrogen and oxygen atoms in total. The molecule has 6 heteroatoms. The number of benzene rings is 1. The summed E-state index contributed by atoms with van der Waals surface area (Å²) in [7, 11) is 1.32. The minimum absolute atomic E-state index is 0.185. The van der Waals surface area contributed by atoms with Crippen LogP contribution in [0.4, 0.5) is 5.69 Å². The van der Waals surface area contributed by atoms with Crippen molar-refractivity contribution in [3.05, 3.63) is 29.3 Å². The molecule has 0 radical (unpaired) electrons. The quantitative estimate of drug-likeness (QED) is 0.698. The van der Waals surface area contributed by atoms with Crippen molar-refractivity contribution >= 4 is 17.6 Å². The number of methoxy groups -OCH3 is 1. The second-order valence-corrected chi connectivity index (χ2v) is 4.86. The normalized spacial score (nSPS) is 21.6. The number of esters is 1. The van der Waals surface area contributed by atoms with Gasteiger partial charge in [-0.2, -0.15) is 0 Å². The van der Waals surface area contributed by atoms with Crippen LogP contribution in [-0.4, -0.2) is 42.8 Å². The number of carbonyl (C=O) groups excluding carboxylic acids is 2. The number of ether oxygens (including phenoxy) is 1. The molecule has 1 amide bonds. The van der Waals surface area contributed by atoms with Crippen LogP contribution in [0.25, 0.3) is 0 Å². The van der Waals surface area contributed by atoms with E-state index >= 15 is 0 Å². The van der Waals surface area contributed by atoms with Crippen molar-refractivity contribution in [1.29, 1.82) is 0 Å². The smallest absolute Gasteiger partial charge is 0.337 e. The number of anilines is 1. The van der Waals surface area contributed by atoms with Gasteiger partial charge < -0.3 is 20.5 Å². The third-order valence-electron chi connectivity index (χ3n) is 3.33. The van der Waals surface area contributed by atoms with E-state index in [0.717, 1.165) is 5.56 Å². The van der Waals surface area contributed by atoms with E-state index in [1.165, 1.54) is 7.11 Å². The largest absolute Gasteiger partial charge is 0.465 e. The Labute approximate surface area is 117 Å². The molecule has 20 heavy (non-hydrogen) atoms. The monoisotopic (exact) mass is 278 g/mol. The molecule has 1 heterocycles. The first-order valence-corrected chi connectivity index (χ1v) is 6.42. The number of aliphatic hydroxyl groups is 1. The molecule has 2 rings (SSSR count). The maximum Gasteiger partial charge on any atom is 0.337 e. The molecule has 3 N–H and O–H groups in total. The second-order valence-electron chi connectivity index (χ2n) is 4.86. The lowest BCUT2D eigenvalue weighted by Crippen LogP contribution is -2.35. The van der Waals surface area contributed by atoms with Crippen LogP contribution in [-0.2, 0) is 9.53 Å². The molecular formula is C14H18N2O4. The summed E-state index contributed by atoms with van der Waals surface area (Å²) in [5.74, 6) is -0.595. The van der Waals surface area contributed by atoms with E-state index in [9.17, 15) is 14.7 Å². The maximum absolute atomic E-state index is 12.0. The number of nitrogens with one attached hydrogen (secondary N) is 2. The second kappa shape index (κ2) is 6.02. The van der Waals surface area contributed by atoms with Crippen LogP contribution in [0.5, 0.6) is 0 Å². The Kier molecular flexibility index (Phi) is 4.36. The fourth-order valence-electron chi connectivity index (χ4n) is 2.19. The standard InChI is InChI=1S/C14H18N2O4/c1-8-5-9(14(19)20-2)3-4-11(8)16-13(18)12-6-10(17)7-15-12/h3-5,10,12,15,17H,6-7H2,1-2H3,(H,16,18). The van der Waals surface area contributed by atoms with Gasteiger partial charge in [-0.1, -0.05) is 0 Å². The Bertz CT molecular complexity index is 530. The molecule has 2 unspecified atom stereocenters. The summed E-state index contributed by atoms with van der Waals surface area (Å²) in [5, 5.41) is 15.1. The van der Waals surface area contributed by atoms with Gasteiger partial charge in [-0.15, -0.1) is 0 Å². The third-order valence-corrected chi connectivity index (χ3v) is 3.33. The van der Waals surface area contributed by atoms with Crippen molar-refractivity contribution in [2.24, 2.45) is 0 Å². The number of aryl methyl sites for hydroxylation is 1. The fraction of sp³-hybridized carbons (Fsp3) is 0.429. The summed E-state index contributed by atoms with van der Waals surface area (Å²) in [6, 6.07) is 4.55. The molecule has 1 aliphatic heterocycles. The van der Waals surface area contributed by atoms with Gasteiger partial charge in [0.25, 0.3) is 0 Å². The van der Waals surface area contributed by atoms with Gasteiger partial charge in [-0.05, 0) is 37.1 Å². The Hall–Kier alpha value is -1.92. The first kappa shape index (κ1) is 14.5. The molecule has 0 aliphatic carbocycles. The van der Waals surface area contributed by atoms with E-state index in [1.807, 2.05) is 0 Å². The number of amides is 1. The van der Waals surface area contributed by atoms with Crippen LogP contribution in [0.2, 0.25) is 0 Å². The Balaban J connectivity index is 2.06. The molecule has 0 aromatic heterocycles. The number of rotatable bonds is 3. The average Bonchev–Trinajstić information content (AvgIpc) is 2.86. The van der Waals surface area contributed by atoms with Crippen LogP contribution >= 0.6 is 0 Å². The number of hydrogen-bond acceptors (Lipinski definition) is 5. The molecular weight excluding hydrogens is 260 g/mol. The Morgan fingerprint density at radius 3 is 2.75 bits per heavy atom. The summed E-state index contributed by atoms with van der Waals surface area (Å²) in [6.45, 7) is 2.23. The zero-order valence-electron chi connectivity index (χ0n) is 11.5. The van der Waals surface area contributed by atoms with E-state index in [2.05, 4.69) is 15.4 Å². The highest BCUT2D eigenvalue weighted by atomic mass is 16.5. The minimum atomic E-state index is -0.478. The minimum Gasteiger partial charge on any atom is -0.465 e. The highest BCUT2D eigenvalue weighted by molar-refractivity contribution is 5.97. The number of carbonyl (C=O) groups is 2. The van der Waals surface area contributed by atoms with E-state index in [0.29, 0.717) is 24.2 Å². The van der Waals surface area contributed by atoms with E-state index in [4.69, 9.17) is 0 Å². The third kappa shape index (κ3) is 3.15. The van der Waals surface area contributed by atoms with Crippen molar-refractivity contribution < 1.29 is 19.4 Å². The predicted molar refractivity (Wildman–Crippen MR) is 73.6 cm³/mol. The maximum atomic E-state index is 12.0. The van der Waals surface area contributed by atoms with Gasteiger partial charge in [-0.3, -0.25) is 4.79 Å². The van der Waals surface area contributed by atoms with Gasteiger partial charge in [0.1, 0.15) is 0 Å². The van der Waals surface area contributed by atoms with Gasteiger partial charge in [-0.25, -0.2) is 4.79 Å². The van der Waals surface area contributed by atoms with E-state index in [1.54, 1.807) is 25.1 Å². The van der Waals surface area contributed by atoms with Gasteiger partial charge in [0, 0.05) is 12.2 Å². The van der Waals surface area contributed by atoms with E-state index < -0.39 is 12.1 Å². The van der Waals surface area contributed by atoms with Gasteiger partial charge >= 0.3 is 5.97 Å².